The van der Waals surface area contributed by atoms with Gasteiger partial charge in [0.15, 0.2) is 0 Å². The third-order valence-corrected chi connectivity index (χ3v) is 3.08. The van der Waals surface area contributed by atoms with Crippen LogP contribution in [0.4, 0.5) is 0 Å². The molecular weight excluding hydrogens is 376 g/mol. The molecule has 2 aromatic rings. The molecule has 18 heavy (non-hydrogen) atoms. The number of halogens is 2. The van der Waals surface area contributed by atoms with Crippen molar-refractivity contribution >= 4 is 42.4 Å². The first-order valence-corrected chi connectivity index (χ1v) is 7.21. The van der Waals surface area contributed by atoms with Crippen LogP contribution < -0.4 is 10.6 Å². The van der Waals surface area contributed by atoms with Crippen LogP contribution in [0.2, 0.25) is 0 Å². The molecule has 0 aliphatic rings. The maximum atomic E-state index is 5.04. The van der Waals surface area contributed by atoms with Crippen LogP contribution in [0.5, 0.6) is 0 Å². The third-order valence-electron chi connectivity index (χ3n) is 1.84. The summed E-state index contributed by atoms with van der Waals surface area (Å²) in [6.45, 7) is 1.70. The SMILES string of the molecule is CC(Cl)Cl.[Pd].c1ccc(Pc2ccccc2)cc1. The molecule has 0 atom stereocenters. The van der Waals surface area contributed by atoms with E-state index in [1.807, 2.05) is 0 Å². The van der Waals surface area contributed by atoms with Crippen LogP contribution in [0, 0.1) is 0 Å². The predicted molar refractivity (Wildman–Crippen MR) is 81.6 cm³/mol. The van der Waals surface area contributed by atoms with Gasteiger partial charge in [-0.15, -0.1) is 23.2 Å². The molecule has 0 bridgehead atoms. The second kappa shape index (κ2) is 11.0. The smallest absolute Gasteiger partial charge is 0.105 e. The molecule has 0 radical (unpaired) electrons. The van der Waals surface area contributed by atoms with Crippen LogP contribution >= 0.6 is 31.8 Å². The molecule has 0 nitrogen and oxygen atoms in total. The number of rotatable bonds is 2. The molecule has 0 aliphatic heterocycles. The van der Waals surface area contributed by atoms with Gasteiger partial charge in [0.2, 0.25) is 0 Å². The van der Waals surface area contributed by atoms with Crippen molar-refractivity contribution in [3.8, 4) is 0 Å². The van der Waals surface area contributed by atoms with E-state index in [1.165, 1.54) is 10.6 Å². The number of hydrogen-bond donors (Lipinski definition) is 0. The fraction of sp³-hybridized carbons (Fsp3) is 0.143. The van der Waals surface area contributed by atoms with E-state index < -0.39 is 0 Å². The monoisotopic (exact) mass is 390 g/mol. The van der Waals surface area contributed by atoms with Gasteiger partial charge in [-0.1, -0.05) is 69.2 Å². The first-order chi connectivity index (χ1) is 8.18. The van der Waals surface area contributed by atoms with Crippen molar-refractivity contribution in [2.75, 3.05) is 0 Å². The molecule has 2 rings (SSSR count). The minimum absolute atomic E-state index is 0. The molecule has 0 fully saturated rings. The molecule has 0 spiro atoms. The van der Waals surface area contributed by atoms with Gasteiger partial charge in [0.05, 0.1) is 0 Å². The molecule has 4 heteroatoms. The maximum Gasteiger partial charge on any atom is 0.105 e. The zero-order valence-electron chi connectivity index (χ0n) is 9.92. The van der Waals surface area contributed by atoms with Gasteiger partial charge in [0, 0.05) is 20.4 Å². The van der Waals surface area contributed by atoms with Crippen LogP contribution in [-0.4, -0.2) is 4.84 Å². The number of alkyl halides is 2. The summed E-state index contributed by atoms with van der Waals surface area (Å²) in [6, 6.07) is 21.2. The molecule has 0 aliphatic carbocycles. The second-order valence-corrected chi connectivity index (χ2v) is 6.31. The van der Waals surface area contributed by atoms with Crippen LogP contribution in [0.3, 0.4) is 0 Å². The Morgan fingerprint density at radius 2 is 1.06 bits per heavy atom. The van der Waals surface area contributed by atoms with Gasteiger partial charge < -0.3 is 0 Å². The quantitative estimate of drug-likeness (QED) is 0.410. The Hall–Kier alpha value is 0.112. The molecule has 0 aromatic heterocycles. The fourth-order valence-corrected chi connectivity index (χ4v) is 2.26. The Labute approximate surface area is 135 Å². The normalized spacial score (nSPS) is 9.11. The second-order valence-electron chi connectivity index (χ2n) is 3.38. The van der Waals surface area contributed by atoms with Crippen LogP contribution in [0.25, 0.3) is 0 Å². The number of benzene rings is 2. The zero-order valence-corrected chi connectivity index (χ0v) is 14.0. The van der Waals surface area contributed by atoms with Crippen LogP contribution in [-0.2, 0) is 20.4 Å². The molecule has 0 heterocycles. The summed E-state index contributed by atoms with van der Waals surface area (Å²) in [5.41, 5.74) is 0. The summed E-state index contributed by atoms with van der Waals surface area (Å²) in [5, 5.41) is 2.79. The molecular formula is C14H15Cl2PPd. The van der Waals surface area contributed by atoms with E-state index in [0.717, 1.165) is 8.58 Å². The van der Waals surface area contributed by atoms with E-state index in [4.69, 9.17) is 23.2 Å². The summed E-state index contributed by atoms with van der Waals surface area (Å²) in [6.07, 6.45) is 0. The van der Waals surface area contributed by atoms with Gasteiger partial charge in [-0.25, -0.2) is 0 Å². The van der Waals surface area contributed by atoms with Crippen molar-refractivity contribution in [2.24, 2.45) is 0 Å². The van der Waals surface area contributed by atoms with Crippen LogP contribution in [0.1, 0.15) is 6.92 Å². The molecule has 0 saturated heterocycles. The van der Waals surface area contributed by atoms with E-state index in [2.05, 4.69) is 60.7 Å². The Bertz CT molecular complexity index is 366. The van der Waals surface area contributed by atoms with Gasteiger partial charge in [-0.3, -0.25) is 0 Å². The maximum absolute atomic E-state index is 5.04. The summed E-state index contributed by atoms with van der Waals surface area (Å²) in [4.78, 5) is -0.222. The predicted octanol–water partition coefficient (Wildman–Crippen LogP) is 4.12. The minimum Gasteiger partial charge on any atom is -0.106 e. The average Bonchev–Trinajstić information content (AvgIpc) is 2.31. The van der Waals surface area contributed by atoms with E-state index in [9.17, 15) is 0 Å². The van der Waals surface area contributed by atoms with Gasteiger partial charge >= 0.3 is 0 Å². The summed E-state index contributed by atoms with van der Waals surface area (Å²) >= 11 is 10.1. The molecule has 0 unspecified atom stereocenters. The summed E-state index contributed by atoms with van der Waals surface area (Å²) in [7, 11) is 0.777. The Morgan fingerprint density at radius 3 is 1.33 bits per heavy atom. The zero-order chi connectivity index (χ0) is 12.5. The average molecular weight is 392 g/mol. The van der Waals surface area contributed by atoms with Crippen molar-refractivity contribution in [3.63, 3.8) is 0 Å². The molecule has 0 saturated carbocycles. The summed E-state index contributed by atoms with van der Waals surface area (Å²) < 4.78 is 0. The number of hydrogen-bond acceptors (Lipinski definition) is 0. The van der Waals surface area contributed by atoms with Crippen molar-refractivity contribution in [3.05, 3.63) is 60.7 Å². The van der Waals surface area contributed by atoms with Crippen molar-refractivity contribution in [1.82, 2.24) is 0 Å². The van der Waals surface area contributed by atoms with Gasteiger partial charge in [-0.2, -0.15) is 0 Å². The minimum atomic E-state index is -0.222. The first kappa shape index (κ1) is 18.1. The van der Waals surface area contributed by atoms with Crippen molar-refractivity contribution in [2.45, 2.75) is 11.8 Å². The van der Waals surface area contributed by atoms with Crippen molar-refractivity contribution < 1.29 is 20.4 Å². The van der Waals surface area contributed by atoms with Crippen molar-refractivity contribution in [1.29, 1.82) is 0 Å². The third kappa shape index (κ3) is 9.10. The topological polar surface area (TPSA) is 0 Å². The standard InChI is InChI=1S/C12H11P.C2H4Cl2.Pd/c1-3-7-11(8-4-1)13-12-9-5-2-6-10-12;1-2(3)4;/h1-10,13H;2H,1H3;. The van der Waals surface area contributed by atoms with E-state index in [1.54, 1.807) is 6.92 Å². The van der Waals surface area contributed by atoms with Gasteiger partial charge in [0.1, 0.15) is 4.84 Å². The van der Waals surface area contributed by atoms with Crippen LogP contribution in [0.15, 0.2) is 60.7 Å². The fourth-order valence-electron chi connectivity index (χ4n) is 1.21. The molecule has 2 aromatic carbocycles. The summed E-state index contributed by atoms with van der Waals surface area (Å²) in [5.74, 6) is 0. The van der Waals surface area contributed by atoms with E-state index >= 15 is 0 Å². The molecule has 0 N–H and O–H groups in total. The first-order valence-electron chi connectivity index (χ1n) is 5.34. The largest absolute Gasteiger partial charge is 0.106 e. The molecule has 0 amide bonds. The Kier molecular flexibility index (Phi) is 11.1. The van der Waals surface area contributed by atoms with Gasteiger partial charge in [-0.05, 0) is 17.5 Å². The van der Waals surface area contributed by atoms with Gasteiger partial charge in [0.25, 0.3) is 0 Å². The van der Waals surface area contributed by atoms with E-state index in [0.29, 0.717) is 0 Å². The Balaban J connectivity index is 0.000000512. The Morgan fingerprint density at radius 1 is 0.778 bits per heavy atom. The van der Waals surface area contributed by atoms with E-state index in [-0.39, 0.29) is 25.3 Å². The molecule has 100 valence electrons.